The smallest absolute Gasteiger partial charge is 0.110 e. The third-order valence-corrected chi connectivity index (χ3v) is 6.05. The van der Waals surface area contributed by atoms with Crippen LogP contribution >= 0.6 is 7.14 Å². The minimum absolute atomic E-state index is 0.159. The van der Waals surface area contributed by atoms with Gasteiger partial charge in [-0.3, -0.25) is 0 Å². The molecule has 0 aliphatic rings. The van der Waals surface area contributed by atoms with E-state index in [2.05, 4.69) is 39.0 Å². The van der Waals surface area contributed by atoms with E-state index < -0.39 is 7.14 Å². The topological polar surface area (TPSA) is 17.1 Å². The largest absolute Gasteiger partial charge is 0.319 e. The van der Waals surface area contributed by atoms with Crippen molar-refractivity contribution in [3.8, 4) is 0 Å². The van der Waals surface area contributed by atoms with Gasteiger partial charge in [0.1, 0.15) is 7.14 Å². The zero-order valence-electron chi connectivity index (χ0n) is 13.9. The van der Waals surface area contributed by atoms with Crippen LogP contribution in [0.25, 0.3) is 0 Å². The van der Waals surface area contributed by atoms with Gasteiger partial charge >= 0.3 is 0 Å². The van der Waals surface area contributed by atoms with E-state index in [-0.39, 0.29) is 5.41 Å². The van der Waals surface area contributed by atoms with Gasteiger partial charge in [-0.25, -0.2) is 0 Å². The molecule has 0 aliphatic carbocycles. The highest BCUT2D eigenvalue weighted by molar-refractivity contribution is 7.70. The maximum atomic E-state index is 12.6. The fraction of sp³-hybridized carbons (Fsp3) is 0.667. The first-order valence-corrected chi connectivity index (χ1v) is 10.6. The standard InChI is InChI=1S/C18H31OP/c1-6-8-9-12-15-18(3,7-2)16-13-10-11-14-17(16)20(4,5)19/h10-11,13-14H,6-9,12,15H2,1-5H3. The Hall–Kier alpha value is -0.550. The van der Waals surface area contributed by atoms with Crippen LogP contribution in [0.15, 0.2) is 24.3 Å². The normalized spacial score (nSPS) is 15.1. The molecule has 0 radical (unpaired) electrons. The minimum Gasteiger partial charge on any atom is -0.319 e. The van der Waals surface area contributed by atoms with Crippen molar-refractivity contribution >= 4 is 12.4 Å². The monoisotopic (exact) mass is 294 g/mol. The molecule has 0 amide bonds. The van der Waals surface area contributed by atoms with Gasteiger partial charge in [-0.1, -0.05) is 70.7 Å². The SMILES string of the molecule is CCCCCCC(C)(CC)c1ccccc1P(C)(C)=O. The molecule has 0 aliphatic heterocycles. The molecule has 0 saturated carbocycles. The number of benzene rings is 1. The van der Waals surface area contributed by atoms with Gasteiger partial charge in [0.25, 0.3) is 0 Å². The molecule has 20 heavy (non-hydrogen) atoms. The summed E-state index contributed by atoms with van der Waals surface area (Å²) in [5.41, 5.74) is 1.47. The molecule has 1 rings (SSSR count). The maximum absolute atomic E-state index is 12.6. The van der Waals surface area contributed by atoms with Crippen molar-refractivity contribution in [2.24, 2.45) is 0 Å². The number of rotatable bonds is 8. The average molecular weight is 294 g/mol. The van der Waals surface area contributed by atoms with Gasteiger partial charge in [-0.15, -0.1) is 0 Å². The number of hydrogen-bond acceptors (Lipinski definition) is 1. The molecule has 0 heterocycles. The Labute approximate surface area is 125 Å². The predicted octanol–water partition coefficient (Wildman–Crippen LogP) is 5.57. The van der Waals surface area contributed by atoms with Crippen molar-refractivity contribution < 1.29 is 4.57 Å². The van der Waals surface area contributed by atoms with Gasteiger partial charge in [0, 0.05) is 5.30 Å². The van der Waals surface area contributed by atoms with Crippen molar-refractivity contribution in [3.05, 3.63) is 29.8 Å². The lowest BCUT2D eigenvalue weighted by Crippen LogP contribution is -2.28. The van der Waals surface area contributed by atoms with Crippen LogP contribution < -0.4 is 5.30 Å². The molecule has 1 atom stereocenters. The van der Waals surface area contributed by atoms with E-state index in [1.807, 2.05) is 19.4 Å². The molecule has 2 heteroatoms. The summed E-state index contributed by atoms with van der Waals surface area (Å²) in [7, 11) is -2.21. The first-order chi connectivity index (χ1) is 9.35. The van der Waals surface area contributed by atoms with Crippen molar-refractivity contribution in [1.82, 2.24) is 0 Å². The fourth-order valence-electron chi connectivity index (χ4n) is 2.90. The Bertz CT molecular complexity index is 460. The molecule has 114 valence electrons. The van der Waals surface area contributed by atoms with Crippen LogP contribution in [0.3, 0.4) is 0 Å². The molecule has 0 spiro atoms. The summed E-state index contributed by atoms with van der Waals surface area (Å²) in [5, 5.41) is 1.08. The van der Waals surface area contributed by atoms with Gasteiger partial charge in [-0.05, 0) is 37.1 Å². The van der Waals surface area contributed by atoms with Crippen LogP contribution in [0.5, 0.6) is 0 Å². The lowest BCUT2D eigenvalue weighted by Gasteiger charge is -2.32. The van der Waals surface area contributed by atoms with Crippen LogP contribution in [0.4, 0.5) is 0 Å². The molecule has 1 aromatic carbocycles. The maximum Gasteiger partial charge on any atom is 0.110 e. The average Bonchev–Trinajstić information content (AvgIpc) is 2.42. The van der Waals surface area contributed by atoms with Crippen LogP contribution in [-0.4, -0.2) is 13.3 Å². The summed E-state index contributed by atoms with van der Waals surface area (Å²) < 4.78 is 12.6. The van der Waals surface area contributed by atoms with Gasteiger partial charge in [0.05, 0.1) is 0 Å². The first kappa shape index (κ1) is 17.5. The summed E-state index contributed by atoms with van der Waals surface area (Å²) in [6.45, 7) is 10.6. The van der Waals surface area contributed by atoms with E-state index in [0.717, 1.165) is 11.7 Å². The van der Waals surface area contributed by atoms with Crippen LogP contribution in [-0.2, 0) is 9.98 Å². The van der Waals surface area contributed by atoms with Crippen molar-refractivity contribution in [2.45, 2.75) is 64.7 Å². The van der Waals surface area contributed by atoms with E-state index in [1.165, 1.54) is 37.7 Å². The summed E-state index contributed by atoms with van der Waals surface area (Å²) in [4.78, 5) is 0. The molecule has 1 nitrogen and oxygen atoms in total. The third kappa shape index (κ3) is 4.48. The zero-order valence-corrected chi connectivity index (χ0v) is 14.8. The minimum atomic E-state index is -2.21. The second-order valence-corrected chi connectivity index (χ2v) is 9.78. The number of hydrogen-bond donors (Lipinski definition) is 0. The van der Waals surface area contributed by atoms with E-state index in [4.69, 9.17) is 0 Å². The molecule has 0 aromatic heterocycles. The van der Waals surface area contributed by atoms with Crippen LogP contribution in [0.2, 0.25) is 0 Å². The van der Waals surface area contributed by atoms with E-state index >= 15 is 0 Å². The summed E-state index contributed by atoms with van der Waals surface area (Å²) in [6.07, 6.45) is 7.48. The molecular formula is C18H31OP. The second kappa shape index (κ2) is 7.46. The summed E-state index contributed by atoms with van der Waals surface area (Å²) in [5.74, 6) is 0. The lowest BCUT2D eigenvalue weighted by atomic mass is 9.76. The zero-order chi connectivity index (χ0) is 15.2. The highest BCUT2D eigenvalue weighted by Crippen LogP contribution is 2.41. The van der Waals surface area contributed by atoms with E-state index in [0.29, 0.717) is 0 Å². The molecule has 0 bridgehead atoms. The molecular weight excluding hydrogens is 263 g/mol. The Morgan fingerprint density at radius 3 is 2.25 bits per heavy atom. The lowest BCUT2D eigenvalue weighted by molar-refractivity contribution is 0.397. The van der Waals surface area contributed by atoms with Gasteiger partial charge in [-0.2, -0.15) is 0 Å². The van der Waals surface area contributed by atoms with E-state index in [1.54, 1.807) is 0 Å². The summed E-state index contributed by atoms with van der Waals surface area (Å²) in [6, 6.07) is 8.37. The number of unbranched alkanes of at least 4 members (excludes halogenated alkanes) is 3. The molecule has 1 unspecified atom stereocenters. The Kier molecular flexibility index (Phi) is 6.52. The van der Waals surface area contributed by atoms with Gasteiger partial charge in [0.2, 0.25) is 0 Å². The first-order valence-electron chi connectivity index (χ1n) is 8.00. The Morgan fingerprint density at radius 1 is 1.05 bits per heavy atom. The highest BCUT2D eigenvalue weighted by Gasteiger charge is 2.29. The molecule has 0 saturated heterocycles. The Morgan fingerprint density at radius 2 is 1.70 bits per heavy atom. The third-order valence-electron chi connectivity index (χ3n) is 4.50. The highest BCUT2D eigenvalue weighted by atomic mass is 31.2. The van der Waals surface area contributed by atoms with Gasteiger partial charge < -0.3 is 4.57 Å². The van der Waals surface area contributed by atoms with Crippen LogP contribution in [0, 0.1) is 0 Å². The van der Waals surface area contributed by atoms with Crippen molar-refractivity contribution in [3.63, 3.8) is 0 Å². The second-order valence-electron chi connectivity index (χ2n) is 6.59. The van der Waals surface area contributed by atoms with Crippen LogP contribution in [0.1, 0.15) is 64.9 Å². The molecule has 0 fully saturated rings. The van der Waals surface area contributed by atoms with E-state index in [9.17, 15) is 4.57 Å². The Balaban J connectivity index is 3.02. The molecule has 0 N–H and O–H groups in total. The summed E-state index contributed by atoms with van der Waals surface area (Å²) >= 11 is 0. The quantitative estimate of drug-likeness (QED) is 0.452. The van der Waals surface area contributed by atoms with Crippen molar-refractivity contribution in [1.29, 1.82) is 0 Å². The molecule has 1 aromatic rings. The van der Waals surface area contributed by atoms with Crippen molar-refractivity contribution in [2.75, 3.05) is 13.3 Å². The fourth-order valence-corrected chi connectivity index (χ4v) is 4.27. The van der Waals surface area contributed by atoms with Gasteiger partial charge in [0.15, 0.2) is 0 Å². The predicted molar refractivity (Wildman–Crippen MR) is 91.9 cm³/mol.